The first-order valence-electron chi connectivity index (χ1n) is 5.83. The minimum atomic E-state index is 0. The number of guanidine groups is 1. The van der Waals surface area contributed by atoms with E-state index in [1.165, 1.54) is 0 Å². The fourth-order valence-electron chi connectivity index (χ4n) is 1.65. The molecular formula is C12H20IN5. The van der Waals surface area contributed by atoms with Gasteiger partial charge in [-0.3, -0.25) is 4.99 Å². The van der Waals surface area contributed by atoms with E-state index in [0.717, 1.165) is 24.0 Å². The van der Waals surface area contributed by atoms with Crippen LogP contribution in [0.2, 0.25) is 0 Å². The van der Waals surface area contributed by atoms with Crippen LogP contribution in [0.4, 0.5) is 5.82 Å². The molecule has 0 saturated heterocycles. The molecule has 0 radical (unpaired) electrons. The maximum atomic E-state index is 4.53. The summed E-state index contributed by atoms with van der Waals surface area (Å²) in [5.41, 5.74) is 1.01. The summed E-state index contributed by atoms with van der Waals surface area (Å²) in [6, 6.07) is 6.46. The average Bonchev–Trinajstić information content (AvgIpc) is 2.73. The molecule has 0 spiro atoms. The Morgan fingerprint density at radius 3 is 2.83 bits per heavy atom. The maximum Gasteiger partial charge on any atom is 0.191 e. The zero-order valence-electron chi connectivity index (χ0n) is 11.0. The van der Waals surface area contributed by atoms with Crippen LogP contribution in [0.15, 0.2) is 23.2 Å². The van der Waals surface area contributed by atoms with Crippen molar-refractivity contribution in [2.24, 2.45) is 4.99 Å². The Balaban J connectivity index is 0.00000162. The number of aliphatic imine (C=N–C) groups is 1. The number of pyridine rings is 1. The molecule has 1 aromatic rings. The van der Waals surface area contributed by atoms with Crippen molar-refractivity contribution < 1.29 is 0 Å². The van der Waals surface area contributed by atoms with Crippen molar-refractivity contribution in [3.63, 3.8) is 0 Å². The van der Waals surface area contributed by atoms with Crippen LogP contribution >= 0.6 is 24.0 Å². The Morgan fingerprint density at radius 1 is 1.44 bits per heavy atom. The fraction of sp³-hybridized carbons (Fsp3) is 0.500. The van der Waals surface area contributed by atoms with E-state index in [-0.39, 0.29) is 24.0 Å². The molecule has 1 unspecified atom stereocenters. The molecule has 0 aliphatic carbocycles. The number of hydrogen-bond acceptors (Lipinski definition) is 5. The SMILES string of the molecule is CC1CN=C(NCc2cccc(N(C)C)n2)N1.I. The highest BCUT2D eigenvalue weighted by molar-refractivity contribution is 14.0. The highest BCUT2D eigenvalue weighted by Gasteiger charge is 2.11. The van der Waals surface area contributed by atoms with E-state index < -0.39 is 0 Å². The van der Waals surface area contributed by atoms with Gasteiger partial charge in [0.15, 0.2) is 5.96 Å². The molecule has 18 heavy (non-hydrogen) atoms. The summed E-state index contributed by atoms with van der Waals surface area (Å²) in [6.07, 6.45) is 0. The van der Waals surface area contributed by atoms with Gasteiger partial charge >= 0.3 is 0 Å². The first kappa shape index (κ1) is 15.0. The van der Waals surface area contributed by atoms with Crippen molar-refractivity contribution >= 4 is 35.8 Å². The monoisotopic (exact) mass is 361 g/mol. The number of hydrogen-bond donors (Lipinski definition) is 2. The van der Waals surface area contributed by atoms with Crippen LogP contribution in [-0.2, 0) is 6.54 Å². The van der Waals surface area contributed by atoms with Crippen molar-refractivity contribution in [2.75, 3.05) is 25.5 Å². The number of rotatable bonds is 3. The minimum Gasteiger partial charge on any atom is -0.363 e. The predicted molar refractivity (Wildman–Crippen MR) is 85.7 cm³/mol. The van der Waals surface area contributed by atoms with Gasteiger partial charge in [0.1, 0.15) is 5.82 Å². The Kier molecular flexibility index (Phi) is 5.64. The highest BCUT2D eigenvalue weighted by atomic mass is 127. The zero-order valence-corrected chi connectivity index (χ0v) is 13.3. The van der Waals surface area contributed by atoms with E-state index >= 15 is 0 Å². The molecule has 0 fully saturated rings. The van der Waals surface area contributed by atoms with Crippen molar-refractivity contribution in [3.8, 4) is 0 Å². The van der Waals surface area contributed by atoms with Gasteiger partial charge in [-0.25, -0.2) is 4.98 Å². The van der Waals surface area contributed by atoms with Crippen molar-refractivity contribution in [1.82, 2.24) is 15.6 Å². The summed E-state index contributed by atoms with van der Waals surface area (Å²) >= 11 is 0. The third kappa shape index (κ3) is 4.01. The maximum absolute atomic E-state index is 4.53. The van der Waals surface area contributed by atoms with Gasteiger partial charge < -0.3 is 15.5 Å². The normalized spacial score (nSPS) is 17.5. The summed E-state index contributed by atoms with van der Waals surface area (Å²) < 4.78 is 0. The van der Waals surface area contributed by atoms with Gasteiger partial charge in [-0.1, -0.05) is 6.07 Å². The molecule has 0 saturated carbocycles. The lowest BCUT2D eigenvalue weighted by Gasteiger charge is -2.13. The molecule has 6 heteroatoms. The third-order valence-electron chi connectivity index (χ3n) is 2.59. The van der Waals surface area contributed by atoms with E-state index in [1.54, 1.807) is 0 Å². The van der Waals surface area contributed by atoms with Crippen molar-refractivity contribution in [1.29, 1.82) is 0 Å². The standard InChI is InChI=1S/C12H19N5.HI/c1-9-7-13-12(15-9)14-8-10-5-4-6-11(16-10)17(2)3;/h4-6,9H,7-8H2,1-3H3,(H2,13,14,15);1H. The van der Waals surface area contributed by atoms with Crippen LogP contribution < -0.4 is 15.5 Å². The molecule has 5 nitrogen and oxygen atoms in total. The largest absolute Gasteiger partial charge is 0.363 e. The lowest BCUT2D eigenvalue weighted by molar-refractivity contribution is 0.711. The first-order chi connectivity index (χ1) is 8.15. The molecule has 2 heterocycles. The molecule has 1 atom stereocenters. The van der Waals surface area contributed by atoms with E-state index in [1.807, 2.05) is 37.2 Å². The Morgan fingerprint density at radius 2 is 2.22 bits per heavy atom. The topological polar surface area (TPSA) is 52.6 Å². The van der Waals surface area contributed by atoms with Gasteiger partial charge in [-0.05, 0) is 19.1 Å². The highest BCUT2D eigenvalue weighted by Crippen LogP contribution is 2.07. The van der Waals surface area contributed by atoms with Crippen LogP contribution in [0.1, 0.15) is 12.6 Å². The first-order valence-corrected chi connectivity index (χ1v) is 5.83. The fourth-order valence-corrected chi connectivity index (χ4v) is 1.65. The lowest BCUT2D eigenvalue weighted by atomic mass is 10.3. The van der Waals surface area contributed by atoms with Crippen molar-refractivity contribution in [3.05, 3.63) is 23.9 Å². The summed E-state index contributed by atoms with van der Waals surface area (Å²) in [5.74, 6) is 1.84. The Labute approximate surface area is 125 Å². The van der Waals surface area contributed by atoms with Gasteiger partial charge in [-0.2, -0.15) is 0 Å². The van der Waals surface area contributed by atoms with Gasteiger partial charge in [0.05, 0.1) is 18.8 Å². The van der Waals surface area contributed by atoms with Gasteiger partial charge in [-0.15, -0.1) is 24.0 Å². The second-order valence-corrected chi connectivity index (χ2v) is 4.47. The van der Waals surface area contributed by atoms with E-state index in [4.69, 9.17) is 0 Å². The molecule has 1 aromatic heterocycles. The number of nitrogens with zero attached hydrogens (tertiary/aromatic N) is 3. The summed E-state index contributed by atoms with van der Waals surface area (Å²) in [5, 5.41) is 6.51. The van der Waals surface area contributed by atoms with Crippen LogP contribution in [0, 0.1) is 0 Å². The predicted octanol–water partition coefficient (Wildman–Crippen LogP) is 1.20. The summed E-state index contributed by atoms with van der Waals surface area (Å²) in [7, 11) is 3.98. The Bertz CT molecular complexity index is 419. The van der Waals surface area contributed by atoms with Gasteiger partial charge in [0.2, 0.25) is 0 Å². The van der Waals surface area contributed by atoms with E-state index in [2.05, 4.69) is 27.5 Å². The molecular weight excluding hydrogens is 341 g/mol. The van der Waals surface area contributed by atoms with Crippen LogP contribution in [0.25, 0.3) is 0 Å². The third-order valence-corrected chi connectivity index (χ3v) is 2.59. The number of aromatic nitrogens is 1. The van der Waals surface area contributed by atoms with Crippen LogP contribution in [-0.4, -0.2) is 37.6 Å². The number of halogens is 1. The Hall–Kier alpha value is -1.05. The number of anilines is 1. The zero-order chi connectivity index (χ0) is 12.3. The van der Waals surface area contributed by atoms with E-state index in [0.29, 0.717) is 12.6 Å². The van der Waals surface area contributed by atoms with Crippen molar-refractivity contribution in [2.45, 2.75) is 19.5 Å². The van der Waals surface area contributed by atoms with Gasteiger partial charge in [0, 0.05) is 20.1 Å². The van der Waals surface area contributed by atoms with Gasteiger partial charge in [0.25, 0.3) is 0 Å². The molecule has 0 bridgehead atoms. The second kappa shape index (κ2) is 6.77. The minimum absolute atomic E-state index is 0. The lowest BCUT2D eigenvalue weighted by Crippen LogP contribution is -2.37. The summed E-state index contributed by atoms with van der Waals surface area (Å²) in [6.45, 7) is 3.65. The number of nitrogens with one attached hydrogen (secondary N) is 2. The molecule has 1 aliphatic heterocycles. The molecule has 2 N–H and O–H groups in total. The summed E-state index contributed by atoms with van der Waals surface area (Å²) in [4.78, 5) is 10.9. The molecule has 100 valence electrons. The molecule has 0 amide bonds. The molecule has 2 rings (SSSR count). The second-order valence-electron chi connectivity index (χ2n) is 4.47. The van der Waals surface area contributed by atoms with Crippen LogP contribution in [0.3, 0.4) is 0 Å². The quantitative estimate of drug-likeness (QED) is 0.795. The average molecular weight is 361 g/mol. The smallest absolute Gasteiger partial charge is 0.191 e. The molecule has 0 aromatic carbocycles. The van der Waals surface area contributed by atoms with E-state index in [9.17, 15) is 0 Å². The molecule has 1 aliphatic rings. The van der Waals surface area contributed by atoms with Crippen LogP contribution in [0.5, 0.6) is 0 Å².